The first-order valence-corrected chi connectivity index (χ1v) is 6.37. The maximum absolute atomic E-state index is 12.0. The molecule has 0 spiro atoms. The van der Waals surface area contributed by atoms with Crippen molar-refractivity contribution in [1.29, 1.82) is 0 Å². The SMILES string of the molecule is CC1OCCC1NCc1cccc(OCC(F)F)n1. The van der Waals surface area contributed by atoms with E-state index in [1.807, 2.05) is 13.0 Å². The number of rotatable bonds is 6. The summed E-state index contributed by atoms with van der Waals surface area (Å²) in [6, 6.07) is 5.47. The van der Waals surface area contributed by atoms with E-state index in [0.717, 1.165) is 18.7 Å². The van der Waals surface area contributed by atoms with Gasteiger partial charge in [0.2, 0.25) is 5.88 Å². The lowest BCUT2D eigenvalue weighted by atomic mass is 10.1. The zero-order chi connectivity index (χ0) is 13.7. The minimum Gasteiger partial charge on any atom is -0.472 e. The molecule has 0 aromatic carbocycles. The second-order valence-electron chi connectivity index (χ2n) is 4.52. The van der Waals surface area contributed by atoms with Crippen LogP contribution >= 0.6 is 0 Å². The van der Waals surface area contributed by atoms with E-state index < -0.39 is 13.0 Å². The Hall–Kier alpha value is -1.27. The molecule has 6 heteroatoms. The number of hydrogen-bond donors (Lipinski definition) is 1. The van der Waals surface area contributed by atoms with Gasteiger partial charge in [-0.3, -0.25) is 0 Å². The van der Waals surface area contributed by atoms with Gasteiger partial charge in [-0.15, -0.1) is 0 Å². The van der Waals surface area contributed by atoms with Crippen LogP contribution in [0, 0.1) is 0 Å². The van der Waals surface area contributed by atoms with Gasteiger partial charge in [-0.05, 0) is 19.4 Å². The summed E-state index contributed by atoms with van der Waals surface area (Å²) in [4.78, 5) is 4.17. The Morgan fingerprint density at radius 3 is 3.05 bits per heavy atom. The molecule has 0 radical (unpaired) electrons. The van der Waals surface area contributed by atoms with Crippen LogP contribution in [0.4, 0.5) is 8.78 Å². The van der Waals surface area contributed by atoms with Gasteiger partial charge in [0.15, 0.2) is 6.61 Å². The molecule has 1 aromatic heterocycles. The molecule has 0 amide bonds. The van der Waals surface area contributed by atoms with Crippen LogP contribution in [0.25, 0.3) is 0 Å². The zero-order valence-electron chi connectivity index (χ0n) is 10.8. The largest absolute Gasteiger partial charge is 0.472 e. The highest BCUT2D eigenvalue weighted by molar-refractivity contribution is 5.15. The van der Waals surface area contributed by atoms with Crippen molar-refractivity contribution in [3.05, 3.63) is 23.9 Å². The molecule has 2 rings (SSSR count). The number of alkyl halides is 2. The number of nitrogens with one attached hydrogen (secondary N) is 1. The fourth-order valence-electron chi connectivity index (χ4n) is 2.02. The normalized spacial score (nSPS) is 22.9. The Morgan fingerprint density at radius 2 is 2.37 bits per heavy atom. The average molecular weight is 272 g/mol. The van der Waals surface area contributed by atoms with Crippen molar-refractivity contribution < 1.29 is 18.3 Å². The van der Waals surface area contributed by atoms with Crippen LogP contribution in [-0.4, -0.2) is 36.8 Å². The van der Waals surface area contributed by atoms with Gasteiger partial charge in [0.05, 0.1) is 11.8 Å². The van der Waals surface area contributed by atoms with Crippen LogP contribution < -0.4 is 10.1 Å². The van der Waals surface area contributed by atoms with E-state index in [1.165, 1.54) is 0 Å². The van der Waals surface area contributed by atoms with Gasteiger partial charge in [-0.1, -0.05) is 6.07 Å². The monoisotopic (exact) mass is 272 g/mol. The highest BCUT2D eigenvalue weighted by Crippen LogP contribution is 2.14. The molecule has 0 aliphatic carbocycles. The minimum absolute atomic E-state index is 0.193. The number of hydrogen-bond acceptors (Lipinski definition) is 4. The molecule has 1 aromatic rings. The molecular weight excluding hydrogens is 254 g/mol. The third-order valence-electron chi connectivity index (χ3n) is 3.06. The summed E-state index contributed by atoms with van der Waals surface area (Å²) in [6.07, 6.45) is -1.32. The molecule has 1 N–H and O–H groups in total. The van der Waals surface area contributed by atoms with Crippen molar-refractivity contribution in [2.75, 3.05) is 13.2 Å². The summed E-state index contributed by atoms with van der Waals surface area (Å²) in [7, 11) is 0. The van der Waals surface area contributed by atoms with Crippen molar-refractivity contribution in [3.8, 4) is 5.88 Å². The van der Waals surface area contributed by atoms with Gasteiger partial charge in [0, 0.05) is 25.3 Å². The molecular formula is C13H18F2N2O2. The second-order valence-corrected chi connectivity index (χ2v) is 4.52. The molecule has 2 atom stereocenters. The van der Waals surface area contributed by atoms with E-state index in [1.54, 1.807) is 12.1 Å². The van der Waals surface area contributed by atoms with E-state index in [0.29, 0.717) is 12.6 Å². The van der Waals surface area contributed by atoms with Crippen LogP contribution in [0.5, 0.6) is 5.88 Å². The maximum Gasteiger partial charge on any atom is 0.272 e. The first kappa shape index (κ1) is 14.1. The van der Waals surface area contributed by atoms with Crippen LogP contribution in [0.2, 0.25) is 0 Å². The fraction of sp³-hybridized carbons (Fsp3) is 0.615. The molecule has 2 unspecified atom stereocenters. The quantitative estimate of drug-likeness (QED) is 0.860. The van der Waals surface area contributed by atoms with Gasteiger partial charge in [0.1, 0.15) is 0 Å². The van der Waals surface area contributed by atoms with E-state index in [9.17, 15) is 8.78 Å². The molecule has 1 saturated heterocycles. The predicted molar refractivity (Wildman–Crippen MR) is 66.4 cm³/mol. The summed E-state index contributed by atoms with van der Waals surface area (Å²) in [6.45, 7) is 2.74. The third-order valence-corrected chi connectivity index (χ3v) is 3.06. The Balaban J connectivity index is 1.84. The fourth-order valence-corrected chi connectivity index (χ4v) is 2.02. The van der Waals surface area contributed by atoms with Crippen molar-refractivity contribution in [3.63, 3.8) is 0 Å². The number of pyridine rings is 1. The number of aromatic nitrogens is 1. The van der Waals surface area contributed by atoms with E-state index in [-0.39, 0.29) is 12.0 Å². The van der Waals surface area contributed by atoms with Crippen LogP contribution in [0.3, 0.4) is 0 Å². The zero-order valence-corrected chi connectivity index (χ0v) is 10.8. The third kappa shape index (κ3) is 4.40. The van der Waals surface area contributed by atoms with E-state index in [4.69, 9.17) is 9.47 Å². The molecule has 0 bridgehead atoms. The Kier molecular flexibility index (Phi) is 5.04. The van der Waals surface area contributed by atoms with Gasteiger partial charge in [0.25, 0.3) is 6.43 Å². The maximum atomic E-state index is 12.0. The molecule has 2 heterocycles. The smallest absolute Gasteiger partial charge is 0.272 e. The van der Waals surface area contributed by atoms with Gasteiger partial charge >= 0.3 is 0 Å². The summed E-state index contributed by atoms with van der Waals surface area (Å²) in [5.41, 5.74) is 0.769. The molecule has 1 aliphatic heterocycles. The lowest BCUT2D eigenvalue weighted by Gasteiger charge is -2.15. The standard InChI is InChI=1S/C13H18F2N2O2/c1-9-11(5-6-18-9)16-7-10-3-2-4-13(17-10)19-8-12(14)15/h2-4,9,11-12,16H,5-8H2,1H3. The highest BCUT2D eigenvalue weighted by atomic mass is 19.3. The van der Waals surface area contributed by atoms with Crippen LogP contribution in [-0.2, 0) is 11.3 Å². The highest BCUT2D eigenvalue weighted by Gasteiger charge is 2.23. The average Bonchev–Trinajstić information content (AvgIpc) is 2.80. The lowest BCUT2D eigenvalue weighted by molar-refractivity contribution is 0.0794. The van der Waals surface area contributed by atoms with Crippen molar-refractivity contribution in [1.82, 2.24) is 10.3 Å². The molecule has 1 aliphatic rings. The van der Waals surface area contributed by atoms with E-state index >= 15 is 0 Å². The number of halogens is 2. The summed E-state index contributed by atoms with van der Waals surface area (Å²) >= 11 is 0. The van der Waals surface area contributed by atoms with Crippen LogP contribution in [0.15, 0.2) is 18.2 Å². The van der Waals surface area contributed by atoms with Crippen molar-refractivity contribution in [2.24, 2.45) is 0 Å². The van der Waals surface area contributed by atoms with Gasteiger partial charge < -0.3 is 14.8 Å². The molecule has 0 saturated carbocycles. The first-order valence-electron chi connectivity index (χ1n) is 6.37. The topological polar surface area (TPSA) is 43.4 Å². The van der Waals surface area contributed by atoms with Gasteiger partial charge in [-0.2, -0.15) is 0 Å². The van der Waals surface area contributed by atoms with Crippen molar-refractivity contribution in [2.45, 2.75) is 38.5 Å². The Bertz CT molecular complexity index is 404. The minimum atomic E-state index is -2.49. The molecule has 19 heavy (non-hydrogen) atoms. The Morgan fingerprint density at radius 1 is 1.53 bits per heavy atom. The second kappa shape index (κ2) is 6.77. The first-order chi connectivity index (χ1) is 9.15. The lowest BCUT2D eigenvalue weighted by Crippen LogP contribution is -2.34. The molecule has 1 fully saturated rings. The molecule has 4 nitrogen and oxygen atoms in total. The predicted octanol–water partition coefficient (Wildman–Crippen LogP) is 1.99. The summed E-state index contributed by atoms with van der Waals surface area (Å²) in [5, 5.41) is 3.35. The number of ether oxygens (including phenoxy) is 2. The summed E-state index contributed by atoms with van der Waals surface area (Å²) in [5.74, 6) is 0.232. The van der Waals surface area contributed by atoms with Crippen molar-refractivity contribution >= 4 is 0 Å². The number of nitrogens with zero attached hydrogens (tertiary/aromatic N) is 1. The van der Waals surface area contributed by atoms with Crippen LogP contribution in [0.1, 0.15) is 19.0 Å². The summed E-state index contributed by atoms with van der Waals surface area (Å²) < 4.78 is 34.4. The Labute approximate surface area is 111 Å². The van der Waals surface area contributed by atoms with Gasteiger partial charge in [-0.25, -0.2) is 13.8 Å². The molecule has 106 valence electrons. The van der Waals surface area contributed by atoms with E-state index in [2.05, 4.69) is 10.3 Å².